The Bertz CT molecular complexity index is 341. The maximum absolute atomic E-state index is 11.4. The van der Waals surface area contributed by atoms with Gasteiger partial charge in [-0.1, -0.05) is 39.5 Å². The highest BCUT2D eigenvalue weighted by molar-refractivity contribution is 5.70. The van der Waals surface area contributed by atoms with Crippen molar-refractivity contribution in [3.05, 3.63) is 0 Å². The maximum atomic E-state index is 11.4. The lowest BCUT2D eigenvalue weighted by atomic mass is 9.93. The number of nitrogens with zero attached hydrogens (tertiary/aromatic N) is 1. The minimum Gasteiger partial charge on any atom is -0.481 e. The summed E-state index contributed by atoms with van der Waals surface area (Å²) in [6.45, 7) is 6.33. The summed E-state index contributed by atoms with van der Waals surface area (Å²) in [7, 11) is 0. The lowest BCUT2D eigenvalue weighted by Crippen LogP contribution is -2.36. The summed E-state index contributed by atoms with van der Waals surface area (Å²) >= 11 is 0. The van der Waals surface area contributed by atoms with Crippen molar-refractivity contribution in [1.29, 1.82) is 0 Å². The van der Waals surface area contributed by atoms with E-state index in [1.165, 1.54) is 12.8 Å². The van der Waals surface area contributed by atoms with Crippen LogP contribution in [0.2, 0.25) is 0 Å². The van der Waals surface area contributed by atoms with E-state index in [1.54, 1.807) is 6.92 Å². The predicted octanol–water partition coefficient (Wildman–Crippen LogP) is 2.68. The van der Waals surface area contributed by atoms with Crippen LogP contribution in [0, 0.1) is 17.8 Å². The lowest BCUT2D eigenvalue weighted by molar-refractivity contribution is -0.262. The molecule has 0 aromatic heterocycles. The molecule has 0 spiro atoms. The SMILES string of the molecule is CC(C)COC(C)ON(C=O)CC(CC1CCCC1)C(=O)O. The number of rotatable bonds is 11. The molecule has 1 fully saturated rings. The van der Waals surface area contributed by atoms with Crippen LogP contribution in [0.15, 0.2) is 0 Å². The molecule has 0 bridgehead atoms. The van der Waals surface area contributed by atoms with Gasteiger partial charge in [-0.15, -0.1) is 0 Å². The molecule has 1 amide bonds. The minimum atomic E-state index is -0.877. The average Bonchev–Trinajstić information content (AvgIpc) is 2.96. The molecule has 6 nitrogen and oxygen atoms in total. The summed E-state index contributed by atoms with van der Waals surface area (Å²) in [6, 6.07) is 0. The van der Waals surface area contributed by atoms with Crippen LogP contribution in [0.5, 0.6) is 0 Å². The highest BCUT2D eigenvalue weighted by atomic mass is 16.8. The number of hydroxylamine groups is 2. The van der Waals surface area contributed by atoms with Crippen LogP contribution in [0.25, 0.3) is 0 Å². The normalized spacial score (nSPS) is 18.4. The van der Waals surface area contributed by atoms with Crippen LogP contribution in [0.4, 0.5) is 0 Å². The molecule has 1 saturated carbocycles. The molecule has 0 aliphatic heterocycles. The van der Waals surface area contributed by atoms with E-state index >= 15 is 0 Å². The third kappa shape index (κ3) is 7.22. The second-order valence-electron chi connectivity index (χ2n) is 6.53. The van der Waals surface area contributed by atoms with Crippen LogP contribution in [-0.2, 0) is 19.2 Å². The molecule has 128 valence electrons. The van der Waals surface area contributed by atoms with Gasteiger partial charge in [0.15, 0.2) is 6.29 Å². The van der Waals surface area contributed by atoms with Gasteiger partial charge in [0.25, 0.3) is 0 Å². The van der Waals surface area contributed by atoms with E-state index in [9.17, 15) is 14.7 Å². The van der Waals surface area contributed by atoms with Gasteiger partial charge in [0, 0.05) is 0 Å². The third-order valence-corrected chi connectivity index (χ3v) is 3.91. The van der Waals surface area contributed by atoms with Crippen LogP contribution in [-0.4, -0.2) is 42.0 Å². The van der Waals surface area contributed by atoms with Gasteiger partial charge in [-0.05, 0) is 25.2 Å². The van der Waals surface area contributed by atoms with Crippen LogP contribution in [0.3, 0.4) is 0 Å². The molecule has 1 aliphatic rings. The Hall–Kier alpha value is -1.14. The Morgan fingerprint density at radius 1 is 1.32 bits per heavy atom. The molecule has 1 N–H and O–H groups in total. The first kappa shape index (κ1) is 18.9. The molecule has 2 atom stereocenters. The Morgan fingerprint density at radius 3 is 2.45 bits per heavy atom. The van der Waals surface area contributed by atoms with E-state index in [-0.39, 0.29) is 6.54 Å². The standard InChI is InChI=1S/C16H29NO5/c1-12(2)10-21-13(3)22-17(11-18)9-15(16(19)20)8-14-6-4-5-7-14/h11-15H,4-10H2,1-3H3,(H,19,20). The number of hydrogen-bond donors (Lipinski definition) is 1. The molecule has 2 unspecified atom stereocenters. The van der Waals surface area contributed by atoms with Gasteiger partial charge in [-0.25, -0.2) is 9.90 Å². The third-order valence-electron chi connectivity index (χ3n) is 3.91. The van der Waals surface area contributed by atoms with Crippen LogP contribution in [0.1, 0.15) is 52.9 Å². The molecule has 22 heavy (non-hydrogen) atoms. The lowest BCUT2D eigenvalue weighted by Gasteiger charge is -2.26. The van der Waals surface area contributed by atoms with Gasteiger partial charge in [0.05, 0.1) is 19.1 Å². The van der Waals surface area contributed by atoms with Crippen molar-refractivity contribution >= 4 is 12.4 Å². The number of carbonyl (C=O) groups is 2. The molecule has 0 saturated heterocycles. The number of aliphatic carboxylic acids is 1. The van der Waals surface area contributed by atoms with Gasteiger partial charge >= 0.3 is 5.97 Å². The zero-order valence-electron chi connectivity index (χ0n) is 13.9. The van der Waals surface area contributed by atoms with Gasteiger partial charge in [-0.3, -0.25) is 9.59 Å². The highest BCUT2D eigenvalue weighted by Gasteiger charge is 2.27. The van der Waals surface area contributed by atoms with Gasteiger partial charge in [0.1, 0.15) is 0 Å². The molecule has 0 aromatic rings. The van der Waals surface area contributed by atoms with E-state index in [4.69, 9.17) is 9.57 Å². The predicted molar refractivity (Wildman–Crippen MR) is 81.8 cm³/mol. The number of hydrogen-bond acceptors (Lipinski definition) is 4. The molecule has 1 rings (SSSR count). The average molecular weight is 315 g/mol. The largest absolute Gasteiger partial charge is 0.481 e. The molecule has 1 aliphatic carbocycles. The van der Waals surface area contributed by atoms with Crippen LogP contribution < -0.4 is 0 Å². The van der Waals surface area contributed by atoms with Crippen molar-refractivity contribution in [2.24, 2.45) is 17.8 Å². The van der Waals surface area contributed by atoms with Gasteiger partial charge in [0.2, 0.25) is 6.41 Å². The number of carbonyl (C=O) groups excluding carboxylic acids is 1. The zero-order valence-corrected chi connectivity index (χ0v) is 13.9. The first-order chi connectivity index (χ1) is 10.4. The molecule has 0 radical (unpaired) electrons. The number of amides is 1. The molecule has 0 heterocycles. The number of ether oxygens (including phenoxy) is 1. The van der Waals surface area contributed by atoms with E-state index < -0.39 is 18.2 Å². The van der Waals surface area contributed by atoms with Crippen molar-refractivity contribution in [1.82, 2.24) is 5.06 Å². The fraction of sp³-hybridized carbons (Fsp3) is 0.875. The summed E-state index contributed by atoms with van der Waals surface area (Å²) in [5.74, 6) is -0.655. The van der Waals surface area contributed by atoms with Crippen molar-refractivity contribution in [2.45, 2.75) is 59.2 Å². The first-order valence-electron chi connectivity index (χ1n) is 8.15. The summed E-state index contributed by atoms with van der Waals surface area (Å²) in [5, 5.41) is 10.4. The molecule has 0 aromatic carbocycles. The Kier molecular flexibility index (Phi) is 8.42. The fourth-order valence-corrected chi connectivity index (χ4v) is 2.78. The summed E-state index contributed by atoms with van der Waals surface area (Å²) in [5.41, 5.74) is 0. The quantitative estimate of drug-likeness (QED) is 0.360. The summed E-state index contributed by atoms with van der Waals surface area (Å²) in [4.78, 5) is 27.9. The Morgan fingerprint density at radius 2 is 1.95 bits per heavy atom. The molecular formula is C16H29NO5. The summed E-state index contributed by atoms with van der Waals surface area (Å²) in [6.07, 6.45) is 5.06. The van der Waals surface area contributed by atoms with E-state index in [2.05, 4.69) is 0 Å². The molecule has 6 heteroatoms. The monoisotopic (exact) mass is 315 g/mol. The highest BCUT2D eigenvalue weighted by Crippen LogP contribution is 2.30. The second-order valence-corrected chi connectivity index (χ2v) is 6.53. The Balaban J connectivity index is 2.45. The van der Waals surface area contributed by atoms with Crippen molar-refractivity contribution in [3.8, 4) is 0 Å². The summed E-state index contributed by atoms with van der Waals surface area (Å²) < 4.78 is 5.44. The Labute approximate surface area is 132 Å². The van der Waals surface area contributed by atoms with Gasteiger partial charge < -0.3 is 9.84 Å². The number of carboxylic acid groups (broad SMARTS) is 1. The second kappa shape index (κ2) is 9.79. The zero-order chi connectivity index (χ0) is 16.5. The molecular weight excluding hydrogens is 286 g/mol. The minimum absolute atomic E-state index is 0.0602. The smallest absolute Gasteiger partial charge is 0.308 e. The first-order valence-corrected chi connectivity index (χ1v) is 8.15. The van der Waals surface area contributed by atoms with E-state index in [0.29, 0.717) is 31.3 Å². The topological polar surface area (TPSA) is 76.1 Å². The van der Waals surface area contributed by atoms with E-state index in [1.807, 2.05) is 13.8 Å². The maximum Gasteiger partial charge on any atom is 0.308 e. The van der Waals surface area contributed by atoms with E-state index in [0.717, 1.165) is 17.9 Å². The van der Waals surface area contributed by atoms with Gasteiger partial charge in [-0.2, -0.15) is 0 Å². The van der Waals surface area contributed by atoms with Crippen LogP contribution >= 0.6 is 0 Å². The van der Waals surface area contributed by atoms with Crippen molar-refractivity contribution in [3.63, 3.8) is 0 Å². The fourth-order valence-electron chi connectivity index (χ4n) is 2.78. The van der Waals surface area contributed by atoms with Crippen molar-refractivity contribution < 1.29 is 24.3 Å². The van der Waals surface area contributed by atoms with Crippen molar-refractivity contribution in [2.75, 3.05) is 13.2 Å². The number of carboxylic acids is 1.